The summed E-state index contributed by atoms with van der Waals surface area (Å²) in [6.07, 6.45) is 2.05. The minimum atomic E-state index is -1.69. The van der Waals surface area contributed by atoms with Crippen LogP contribution in [0.1, 0.15) is 47.2 Å². The molecule has 8 rings (SSSR count). The standard InChI is InChI=1S/C41H33ClFN3O7/c1-21(47)22-6-16-27(17-7-22)45-37(49)29-19-18-28-30(34(29)39(45)51)20-31-38(50)46(44-26-14-12-25(43)13-15-26)40(52)41(31,23-8-10-24(42)11-9-23)36(28)35-32(48)4-3-5-33(35)53-2/h3-18,29-31,34,36,44,48H,19-20H2,1-2H3. The number of fused-ring (bicyclic) bond motifs is 4. The number of rotatable bonds is 7. The van der Waals surface area contributed by atoms with Gasteiger partial charge in [-0.2, -0.15) is 5.01 Å². The topological polar surface area (TPSA) is 133 Å². The third-order valence-electron chi connectivity index (χ3n) is 11.3. The lowest BCUT2D eigenvalue weighted by Crippen LogP contribution is -2.53. The number of hydrazine groups is 1. The Morgan fingerprint density at radius 3 is 2.26 bits per heavy atom. The summed E-state index contributed by atoms with van der Waals surface area (Å²) in [7, 11) is 1.44. The Bertz CT molecular complexity index is 2240. The van der Waals surface area contributed by atoms with Crippen LogP contribution < -0.4 is 15.1 Å². The van der Waals surface area contributed by atoms with E-state index < -0.39 is 64.5 Å². The number of carbonyl (C=O) groups is 5. The molecule has 4 aliphatic rings. The quantitative estimate of drug-likeness (QED) is 0.124. The van der Waals surface area contributed by atoms with Gasteiger partial charge in [0, 0.05) is 22.1 Å². The van der Waals surface area contributed by atoms with Crippen molar-refractivity contribution >= 4 is 52.4 Å². The summed E-state index contributed by atoms with van der Waals surface area (Å²) >= 11 is 6.35. The molecule has 0 spiro atoms. The third kappa shape index (κ3) is 5.08. The lowest BCUT2D eigenvalue weighted by Gasteiger charge is -2.50. The number of allylic oxidation sites excluding steroid dienone is 2. The maximum atomic E-state index is 15.3. The zero-order valence-electron chi connectivity index (χ0n) is 28.6. The van der Waals surface area contributed by atoms with E-state index in [1.807, 2.05) is 6.08 Å². The molecule has 12 heteroatoms. The minimum Gasteiger partial charge on any atom is -0.508 e. The molecule has 0 radical (unpaired) electrons. The van der Waals surface area contributed by atoms with Gasteiger partial charge < -0.3 is 9.84 Å². The van der Waals surface area contributed by atoms with Gasteiger partial charge in [-0.15, -0.1) is 0 Å². The van der Waals surface area contributed by atoms with Gasteiger partial charge in [0.05, 0.1) is 41.7 Å². The van der Waals surface area contributed by atoms with E-state index in [9.17, 15) is 28.7 Å². The van der Waals surface area contributed by atoms with E-state index in [2.05, 4.69) is 5.43 Å². The molecule has 2 aliphatic heterocycles. The molecular formula is C41H33ClFN3O7. The largest absolute Gasteiger partial charge is 0.508 e. The molecule has 6 unspecified atom stereocenters. The number of hydrogen-bond donors (Lipinski definition) is 2. The Balaban J connectivity index is 1.33. The number of amides is 4. The summed E-state index contributed by atoms with van der Waals surface area (Å²) < 4.78 is 19.7. The summed E-state index contributed by atoms with van der Waals surface area (Å²) in [5, 5.41) is 13.0. The van der Waals surface area contributed by atoms with Crippen molar-refractivity contribution in [3.05, 3.63) is 130 Å². The van der Waals surface area contributed by atoms with Gasteiger partial charge in [0.1, 0.15) is 17.3 Å². The van der Waals surface area contributed by atoms with E-state index in [0.29, 0.717) is 27.4 Å². The number of ketones is 1. The smallest absolute Gasteiger partial charge is 0.260 e. The van der Waals surface area contributed by atoms with Crippen molar-refractivity contribution < 1.29 is 38.2 Å². The van der Waals surface area contributed by atoms with E-state index in [1.165, 1.54) is 44.4 Å². The fourth-order valence-corrected chi connectivity index (χ4v) is 9.20. The van der Waals surface area contributed by atoms with Crippen LogP contribution in [0.25, 0.3) is 0 Å². The monoisotopic (exact) mass is 733 g/mol. The second-order valence-electron chi connectivity index (χ2n) is 13.9. The molecule has 4 aromatic carbocycles. The van der Waals surface area contributed by atoms with Gasteiger partial charge in [-0.3, -0.25) is 34.3 Å². The molecule has 268 valence electrons. The average molecular weight is 734 g/mol. The molecule has 10 nitrogen and oxygen atoms in total. The van der Waals surface area contributed by atoms with E-state index in [1.54, 1.807) is 60.7 Å². The van der Waals surface area contributed by atoms with Gasteiger partial charge in [0.15, 0.2) is 5.78 Å². The van der Waals surface area contributed by atoms with Crippen LogP contribution in [0.15, 0.2) is 103 Å². The molecule has 0 bridgehead atoms. The number of aromatic hydroxyl groups is 1. The number of carbonyl (C=O) groups excluding carboxylic acids is 5. The Morgan fingerprint density at radius 2 is 1.60 bits per heavy atom. The molecular weight excluding hydrogens is 701 g/mol. The first-order valence-corrected chi connectivity index (χ1v) is 17.6. The highest BCUT2D eigenvalue weighted by Crippen LogP contribution is 2.66. The van der Waals surface area contributed by atoms with Gasteiger partial charge in [-0.25, -0.2) is 4.39 Å². The number of phenolic OH excluding ortho intramolecular Hbond substituents is 1. The number of hydrogen-bond acceptors (Lipinski definition) is 8. The van der Waals surface area contributed by atoms with Crippen molar-refractivity contribution in [3.63, 3.8) is 0 Å². The summed E-state index contributed by atoms with van der Waals surface area (Å²) in [6, 6.07) is 22.8. The normalized spacial score (nSPS) is 26.2. The van der Waals surface area contributed by atoms with E-state index >= 15 is 4.79 Å². The van der Waals surface area contributed by atoms with Crippen LogP contribution in [0.2, 0.25) is 5.02 Å². The van der Waals surface area contributed by atoms with Crippen molar-refractivity contribution in [1.82, 2.24) is 5.01 Å². The number of nitrogens with zero attached hydrogens (tertiary/aromatic N) is 2. The molecule has 2 N–H and O–H groups in total. The number of Topliss-reactive ketones (excluding diaryl/α,β-unsaturated/α-hetero) is 1. The predicted octanol–water partition coefficient (Wildman–Crippen LogP) is 6.59. The van der Waals surface area contributed by atoms with Crippen LogP contribution in [0.4, 0.5) is 15.8 Å². The predicted molar refractivity (Wildman–Crippen MR) is 193 cm³/mol. The lowest BCUT2D eigenvalue weighted by molar-refractivity contribution is -0.138. The van der Waals surface area contributed by atoms with Gasteiger partial charge in [-0.05, 0) is 104 Å². The summed E-state index contributed by atoms with van der Waals surface area (Å²) in [6.45, 7) is 1.43. The number of imide groups is 2. The molecule has 6 atom stereocenters. The third-order valence-corrected chi connectivity index (χ3v) is 11.6. The van der Waals surface area contributed by atoms with Crippen molar-refractivity contribution in [2.75, 3.05) is 17.4 Å². The molecule has 3 fully saturated rings. The number of benzene rings is 4. The maximum absolute atomic E-state index is 15.3. The van der Waals surface area contributed by atoms with Gasteiger partial charge >= 0.3 is 0 Å². The number of halogens is 2. The second kappa shape index (κ2) is 12.7. The lowest BCUT2D eigenvalue weighted by atomic mass is 9.49. The van der Waals surface area contributed by atoms with Crippen molar-refractivity contribution in [2.45, 2.75) is 31.1 Å². The van der Waals surface area contributed by atoms with Crippen LogP contribution in [0, 0.1) is 29.5 Å². The molecule has 4 amide bonds. The van der Waals surface area contributed by atoms with Crippen molar-refractivity contribution in [3.8, 4) is 11.5 Å². The van der Waals surface area contributed by atoms with E-state index in [0.717, 1.165) is 9.91 Å². The maximum Gasteiger partial charge on any atom is 0.260 e. The Labute approximate surface area is 308 Å². The fourth-order valence-electron chi connectivity index (χ4n) is 9.07. The number of phenols is 1. The minimum absolute atomic E-state index is 0.0182. The first kappa shape index (κ1) is 34.3. The summed E-state index contributed by atoms with van der Waals surface area (Å²) in [5.74, 6) is -7.15. The molecule has 2 saturated heterocycles. The molecule has 53 heavy (non-hydrogen) atoms. The molecule has 2 aliphatic carbocycles. The number of ether oxygens (including phenoxy) is 1. The SMILES string of the molecule is COc1cccc(O)c1C1C2=CCC3C(=O)N(c4ccc(C(C)=O)cc4)C(=O)C3C2CC2C(=O)N(Nc3ccc(F)cc3)C(=O)C21c1ccc(Cl)cc1. The van der Waals surface area contributed by atoms with Gasteiger partial charge in [0.25, 0.3) is 11.8 Å². The number of nitrogens with one attached hydrogen (secondary N) is 1. The number of methoxy groups -OCH3 is 1. The highest BCUT2D eigenvalue weighted by molar-refractivity contribution is 6.30. The molecule has 2 heterocycles. The Morgan fingerprint density at radius 1 is 0.906 bits per heavy atom. The highest BCUT2D eigenvalue weighted by Gasteiger charge is 2.71. The van der Waals surface area contributed by atoms with E-state index in [-0.39, 0.29) is 41.4 Å². The highest BCUT2D eigenvalue weighted by atomic mass is 35.5. The average Bonchev–Trinajstić information content (AvgIpc) is 3.53. The molecule has 0 aromatic heterocycles. The van der Waals surface area contributed by atoms with Crippen LogP contribution in [-0.4, -0.2) is 46.6 Å². The van der Waals surface area contributed by atoms with Crippen LogP contribution >= 0.6 is 11.6 Å². The molecule has 1 saturated carbocycles. The second-order valence-corrected chi connectivity index (χ2v) is 14.3. The Kier molecular flexibility index (Phi) is 8.21. The summed E-state index contributed by atoms with van der Waals surface area (Å²) in [5.41, 5.74) is 3.59. The van der Waals surface area contributed by atoms with Crippen LogP contribution in [-0.2, 0) is 24.6 Å². The van der Waals surface area contributed by atoms with Crippen molar-refractivity contribution in [1.29, 1.82) is 0 Å². The first-order valence-electron chi connectivity index (χ1n) is 17.2. The van der Waals surface area contributed by atoms with E-state index in [4.69, 9.17) is 16.3 Å². The summed E-state index contributed by atoms with van der Waals surface area (Å²) in [4.78, 5) is 71.8. The number of anilines is 2. The first-order chi connectivity index (χ1) is 25.5. The zero-order chi connectivity index (χ0) is 37.3. The Hall–Kier alpha value is -5.81. The van der Waals surface area contributed by atoms with Crippen LogP contribution in [0.5, 0.6) is 11.5 Å². The van der Waals surface area contributed by atoms with Gasteiger partial charge in [0.2, 0.25) is 11.8 Å². The van der Waals surface area contributed by atoms with Gasteiger partial charge in [-0.1, -0.05) is 41.4 Å². The van der Waals surface area contributed by atoms with Crippen LogP contribution in [0.3, 0.4) is 0 Å². The molecule has 4 aromatic rings. The van der Waals surface area contributed by atoms with Crippen molar-refractivity contribution in [2.24, 2.45) is 23.7 Å². The fraction of sp³-hybridized carbons (Fsp3) is 0.244. The zero-order valence-corrected chi connectivity index (χ0v) is 29.3.